The van der Waals surface area contributed by atoms with E-state index in [1.807, 2.05) is 0 Å². The van der Waals surface area contributed by atoms with Gasteiger partial charge in [0, 0.05) is 33.4 Å². The highest BCUT2D eigenvalue weighted by molar-refractivity contribution is 9.10. The van der Waals surface area contributed by atoms with Crippen molar-refractivity contribution in [1.82, 2.24) is 15.1 Å². The van der Waals surface area contributed by atoms with Crippen LogP contribution in [0.15, 0.2) is 28.2 Å². The van der Waals surface area contributed by atoms with Crippen molar-refractivity contribution in [3.05, 3.63) is 38.8 Å². The van der Waals surface area contributed by atoms with Gasteiger partial charge in [0.25, 0.3) is 0 Å². The van der Waals surface area contributed by atoms with Gasteiger partial charge >= 0.3 is 0 Å². The molecule has 1 unspecified atom stereocenters. The molecule has 0 fully saturated rings. The third-order valence-electron chi connectivity index (χ3n) is 3.78. The molecule has 2 aromatic rings. The van der Waals surface area contributed by atoms with Gasteiger partial charge in [0.15, 0.2) is 0 Å². The van der Waals surface area contributed by atoms with Crippen molar-refractivity contribution in [2.24, 2.45) is 0 Å². The second-order valence-corrected chi connectivity index (χ2v) is 7.10. The van der Waals surface area contributed by atoms with Gasteiger partial charge in [0.2, 0.25) is 0 Å². The van der Waals surface area contributed by atoms with Crippen molar-refractivity contribution in [3.63, 3.8) is 0 Å². The fourth-order valence-electron chi connectivity index (χ4n) is 2.59. The molecule has 1 atom stereocenters. The summed E-state index contributed by atoms with van der Waals surface area (Å²) in [4.78, 5) is 1.36. The molecule has 2 heterocycles. The quantitative estimate of drug-likeness (QED) is 0.712. The molecule has 0 aliphatic heterocycles. The second kappa shape index (κ2) is 8.11. The molecule has 0 amide bonds. The van der Waals surface area contributed by atoms with E-state index in [-0.39, 0.29) is 0 Å². The van der Waals surface area contributed by atoms with E-state index in [1.54, 1.807) is 11.3 Å². The molecule has 5 heteroatoms. The van der Waals surface area contributed by atoms with Gasteiger partial charge in [0.1, 0.15) is 0 Å². The summed E-state index contributed by atoms with van der Waals surface area (Å²) in [6, 6.07) is 5.23. The summed E-state index contributed by atoms with van der Waals surface area (Å²) in [5.74, 6) is 0. The van der Waals surface area contributed by atoms with Gasteiger partial charge in [-0.15, -0.1) is 11.3 Å². The highest BCUT2D eigenvalue weighted by Crippen LogP contribution is 2.28. The lowest BCUT2D eigenvalue weighted by molar-refractivity contribution is 0.423. The fraction of sp³-hybridized carbons (Fsp3) is 0.562. The molecule has 0 bridgehead atoms. The van der Waals surface area contributed by atoms with Crippen molar-refractivity contribution < 1.29 is 0 Å². The van der Waals surface area contributed by atoms with Gasteiger partial charge < -0.3 is 5.32 Å². The Labute approximate surface area is 139 Å². The van der Waals surface area contributed by atoms with E-state index in [9.17, 15) is 0 Å². The van der Waals surface area contributed by atoms with E-state index >= 15 is 0 Å². The van der Waals surface area contributed by atoms with Crippen LogP contribution in [0.25, 0.3) is 0 Å². The maximum Gasteiger partial charge on any atom is 0.0644 e. The van der Waals surface area contributed by atoms with E-state index in [0.717, 1.165) is 36.0 Å². The van der Waals surface area contributed by atoms with Crippen LogP contribution < -0.4 is 5.32 Å². The zero-order valence-corrected chi connectivity index (χ0v) is 15.4. The molecule has 0 saturated carbocycles. The molecular weight excluding hydrogens is 346 g/mol. The first kappa shape index (κ1) is 16.7. The molecule has 116 valence electrons. The van der Waals surface area contributed by atoms with E-state index in [2.05, 4.69) is 70.4 Å². The Bertz CT molecular complexity index is 545. The van der Waals surface area contributed by atoms with Crippen molar-refractivity contribution in [2.45, 2.75) is 52.1 Å². The first-order valence-corrected chi connectivity index (χ1v) is 9.36. The molecular formula is C16H24BrN3S. The molecule has 0 radical (unpaired) electrons. The minimum absolute atomic E-state index is 0.344. The number of thiophene rings is 1. The largest absolute Gasteiger partial charge is 0.309 e. The Morgan fingerprint density at radius 1 is 1.33 bits per heavy atom. The van der Waals surface area contributed by atoms with Crippen LogP contribution in [0.3, 0.4) is 0 Å². The van der Waals surface area contributed by atoms with E-state index in [4.69, 9.17) is 5.10 Å². The summed E-state index contributed by atoms with van der Waals surface area (Å²) in [6.45, 7) is 7.56. The summed E-state index contributed by atoms with van der Waals surface area (Å²) in [5, 5.41) is 10.5. The summed E-state index contributed by atoms with van der Waals surface area (Å²) in [6.07, 6.45) is 5.33. The lowest BCUT2D eigenvalue weighted by atomic mass is 10.1. The Morgan fingerprint density at radius 3 is 2.67 bits per heavy atom. The lowest BCUT2D eigenvalue weighted by Gasteiger charge is -2.16. The number of aromatic nitrogens is 2. The predicted molar refractivity (Wildman–Crippen MR) is 94.0 cm³/mol. The van der Waals surface area contributed by atoms with Crippen LogP contribution in [-0.2, 0) is 6.42 Å². The number of hydrogen-bond donors (Lipinski definition) is 1. The molecule has 0 aliphatic rings. The third-order valence-corrected chi connectivity index (χ3v) is 5.58. The first-order valence-electron chi connectivity index (χ1n) is 7.69. The normalized spacial score (nSPS) is 13.0. The molecule has 0 spiro atoms. The first-order chi connectivity index (χ1) is 10.2. The number of halogens is 1. The predicted octanol–water partition coefficient (Wildman–Crippen LogP) is 4.96. The Morgan fingerprint density at radius 2 is 2.10 bits per heavy atom. The number of nitrogens with one attached hydrogen (secondary N) is 1. The molecule has 2 rings (SSSR count). The van der Waals surface area contributed by atoms with Gasteiger partial charge in [-0.05, 0) is 47.4 Å². The Hall–Kier alpha value is -0.650. The van der Waals surface area contributed by atoms with Crippen LogP contribution in [0, 0.1) is 0 Å². The number of hydrogen-bond acceptors (Lipinski definition) is 3. The van der Waals surface area contributed by atoms with Gasteiger partial charge in [-0.3, -0.25) is 4.68 Å². The average Bonchev–Trinajstić information content (AvgIpc) is 3.09. The molecule has 0 aromatic carbocycles. The maximum atomic E-state index is 4.78. The van der Waals surface area contributed by atoms with Crippen LogP contribution in [0.5, 0.6) is 0 Å². The van der Waals surface area contributed by atoms with Gasteiger partial charge in [0.05, 0.1) is 11.7 Å². The average molecular weight is 370 g/mol. The SMILES string of the molecule is CCNC(Cc1ccn(C(CC)CC)n1)c1cc(Br)cs1. The molecule has 3 nitrogen and oxygen atoms in total. The van der Waals surface area contributed by atoms with E-state index < -0.39 is 0 Å². The minimum atomic E-state index is 0.344. The number of likely N-dealkylation sites (N-methyl/N-ethyl adjacent to an activating group) is 1. The smallest absolute Gasteiger partial charge is 0.0644 e. The molecule has 2 aromatic heterocycles. The van der Waals surface area contributed by atoms with Crippen LogP contribution >= 0.6 is 27.3 Å². The van der Waals surface area contributed by atoms with E-state index in [0.29, 0.717) is 12.1 Å². The monoisotopic (exact) mass is 369 g/mol. The van der Waals surface area contributed by atoms with Gasteiger partial charge in [-0.1, -0.05) is 20.8 Å². The fourth-order valence-corrected chi connectivity index (χ4v) is 4.11. The van der Waals surface area contributed by atoms with Crippen LogP contribution in [0.2, 0.25) is 0 Å². The van der Waals surface area contributed by atoms with Gasteiger partial charge in [-0.2, -0.15) is 5.10 Å². The highest BCUT2D eigenvalue weighted by Gasteiger charge is 2.16. The maximum absolute atomic E-state index is 4.78. The number of rotatable bonds is 8. The standard InChI is InChI=1S/C16H24BrN3S/c1-4-14(5-2)20-8-7-13(19-20)10-15(18-6-3)16-9-12(17)11-21-16/h7-9,11,14-15,18H,4-6,10H2,1-3H3. The highest BCUT2D eigenvalue weighted by atomic mass is 79.9. The summed E-state index contributed by atoms with van der Waals surface area (Å²) in [7, 11) is 0. The van der Waals surface area contributed by atoms with Crippen LogP contribution in [-0.4, -0.2) is 16.3 Å². The van der Waals surface area contributed by atoms with Crippen molar-refractivity contribution in [1.29, 1.82) is 0 Å². The summed E-state index contributed by atoms with van der Waals surface area (Å²) < 4.78 is 3.29. The minimum Gasteiger partial charge on any atom is -0.309 e. The van der Waals surface area contributed by atoms with Crippen molar-refractivity contribution in [3.8, 4) is 0 Å². The van der Waals surface area contributed by atoms with Crippen LogP contribution in [0.4, 0.5) is 0 Å². The molecule has 0 aliphatic carbocycles. The van der Waals surface area contributed by atoms with Crippen LogP contribution in [0.1, 0.15) is 56.3 Å². The zero-order valence-electron chi connectivity index (χ0n) is 13.0. The van der Waals surface area contributed by atoms with Crippen molar-refractivity contribution >= 4 is 27.3 Å². The van der Waals surface area contributed by atoms with E-state index in [1.165, 1.54) is 4.88 Å². The molecule has 1 N–H and O–H groups in total. The third kappa shape index (κ3) is 4.41. The van der Waals surface area contributed by atoms with Gasteiger partial charge in [-0.25, -0.2) is 0 Å². The lowest BCUT2D eigenvalue weighted by Crippen LogP contribution is -2.22. The zero-order chi connectivity index (χ0) is 15.2. The van der Waals surface area contributed by atoms with Crippen molar-refractivity contribution in [2.75, 3.05) is 6.54 Å². The number of nitrogens with zero attached hydrogens (tertiary/aromatic N) is 2. The molecule has 21 heavy (non-hydrogen) atoms. The topological polar surface area (TPSA) is 29.9 Å². The second-order valence-electron chi connectivity index (χ2n) is 5.24. The summed E-state index contributed by atoms with van der Waals surface area (Å²) >= 11 is 5.34. The Balaban J connectivity index is 2.10. The summed E-state index contributed by atoms with van der Waals surface area (Å²) in [5.41, 5.74) is 1.16. The molecule has 0 saturated heterocycles. The Kier molecular flexibility index (Phi) is 6.45.